The van der Waals surface area contributed by atoms with Crippen molar-refractivity contribution in [3.63, 3.8) is 0 Å². The van der Waals surface area contributed by atoms with Crippen LogP contribution in [0.2, 0.25) is 0 Å². The van der Waals surface area contributed by atoms with E-state index in [-0.39, 0.29) is 0 Å². The molecule has 2 heteroatoms. The van der Waals surface area contributed by atoms with Gasteiger partial charge in [0.25, 0.3) is 0 Å². The van der Waals surface area contributed by atoms with Gasteiger partial charge in [0.2, 0.25) is 0 Å². The van der Waals surface area contributed by atoms with Crippen molar-refractivity contribution in [1.82, 2.24) is 0 Å². The maximum atomic E-state index is 6.34. The number of thiophene rings is 1. The molecule has 0 saturated carbocycles. The van der Waals surface area contributed by atoms with Gasteiger partial charge in [-0.05, 0) is 96.0 Å². The molecule has 0 amide bonds. The van der Waals surface area contributed by atoms with Crippen molar-refractivity contribution in [2.45, 2.75) is 0 Å². The van der Waals surface area contributed by atoms with Crippen LogP contribution in [0, 0.1) is 0 Å². The summed E-state index contributed by atoms with van der Waals surface area (Å²) >= 11 is 1.87. The van der Waals surface area contributed by atoms with E-state index >= 15 is 0 Å². The average molecular weight is 653 g/mol. The summed E-state index contributed by atoms with van der Waals surface area (Å²) < 4.78 is 8.91. The zero-order valence-electron chi connectivity index (χ0n) is 27.0. The molecule has 11 rings (SSSR count). The van der Waals surface area contributed by atoms with Gasteiger partial charge in [-0.2, -0.15) is 0 Å². The smallest absolute Gasteiger partial charge is 0.136 e. The molecule has 0 fully saturated rings. The van der Waals surface area contributed by atoms with Crippen molar-refractivity contribution in [3.8, 4) is 33.4 Å². The third-order valence-corrected chi connectivity index (χ3v) is 11.5. The van der Waals surface area contributed by atoms with Crippen LogP contribution < -0.4 is 0 Å². The molecule has 1 nitrogen and oxygen atoms in total. The van der Waals surface area contributed by atoms with E-state index < -0.39 is 0 Å². The second kappa shape index (κ2) is 10.6. The van der Waals surface area contributed by atoms with Crippen LogP contribution in [0.1, 0.15) is 0 Å². The Morgan fingerprint density at radius 1 is 0.320 bits per heavy atom. The van der Waals surface area contributed by atoms with E-state index in [4.69, 9.17) is 4.42 Å². The highest BCUT2D eigenvalue weighted by molar-refractivity contribution is 7.26. The Morgan fingerprint density at radius 2 is 0.880 bits per heavy atom. The topological polar surface area (TPSA) is 13.1 Å². The highest BCUT2D eigenvalue weighted by atomic mass is 32.1. The fourth-order valence-corrected chi connectivity index (χ4v) is 9.54. The predicted molar refractivity (Wildman–Crippen MR) is 215 cm³/mol. The number of hydrogen-bond donors (Lipinski definition) is 0. The van der Waals surface area contributed by atoms with E-state index in [0.717, 1.165) is 11.2 Å². The lowest BCUT2D eigenvalue weighted by Gasteiger charge is -2.18. The van der Waals surface area contributed by atoms with E-state index in [1.54, 1.807) is 0 Å². The molecule has 0 atom stereocenters. The SMILES string of the molecule is c1ccc(-c2c3ccccc3c(-c3cccc(-c4cc5sc6ccc7oc8ccccc8c7c6c5c5ccccc45)c3)c3ccccc23)cc1. The Bertz CT molecular complexity index is 3090. The second-order valence-corrected chi connectivity index (χ2v) is 14.2. The quantitative estimate of drug-likeness (QED) is 0.173. The zero-order valence-corrected chi connectivity index (χ0v) is 27.8. The summed E-state index contributed by atoms with van der Waals surface area (Å²) in [6.07, 6.45) is 0. The number of hydrogen-bond acceptors (Lipinski definition) is 2. The Labute approximate surface area is 292 Å². The highest BCUT2D eigenvalue weighted by Crippen LogP contribution is 2.48. The number of fused-ring (bicyclic) bond motifs is 11. The van der Waals surface area contributed by atoms with Crippen molar-refractivity contribution in [2.75, 3.05) is 0 Å². The average Bonchev–Trinajstić information content (AvgIpc) is 3.75. The Morgan fingerprint density at radius 3 is 1.60 bits per heavy atom. The molecule has 0 bridgehead atoms. The van der Waals surface area contributed by atoms with Crippen molar-refractivity contribution in [1.29, 1.82) is 0 Å². The van der Waals surface area contributed by atoms with E-state index in [1.807, 2.05) is 17.4 Å². The zero-order chi connectivity index (χ0) is 32.8. The molecule has 50 heavy (non-hydrogen) atoms. The molecule has 0 radical (unpaired) electrons. The third kappa shape index (κ3) is 3.94. The molecule has 9 aromatic carbocycles. The molecule has 11 aromatic rings. The van der Waals surface area contributed by atoms with Gasteiger partial charge in [-0.3, -0.25) is 0 Å². The normalized spacial score (nSPS) is 12.0. The fourth-order valence-electron chi connectivity index (χ4n) is 8.37. The largest absolute Gasteiger partial charge is 0.456 e. The molecule has 2 heterocycles. The predicted octanol–water partition coefficient (Wildman–Crippen LogP) is 14.4. The summed E-state index contributed by atoms with van der Waals surface area (Å²) in [5.41, 5.74) is 9.38. The van der Waals surface area contributed by atoms with Crippen molar-refractivity contribution < 1.29 is 4.42 Å². The second-order valence-electron chi connectivity index (χ2n) is 13.1. The Hall–Kier alpha value is -6.22. The molecule has 2 aromatic heterocycles. The molecule has 232 valence electrons. The summed E-state index contributed by atoms with van der Waals surface area (Å²) in [7, 11) is 0. The van der Waals surface area contributed by atoms with Crippen LogP contribution in [0.25, 0.3) is 108 Å². The summed E-state index contributed by atoms with van der Waals surface area (Å²) in [5, 5.41) is 12.6. The van der Waals surface area contributed by atoms with Crippen LogP contribution in [-0.2, 0) is 0 Å². The van der Waals surface area contributed by atoms with Crippen LogP contribution in [0.15, 0.2) is 174 Å². The Kier molecular flexibility index (Phi) is 5.89. The maximum absolute atomic E-state index is 6.34. The number of furan rings is 1. The maximum Gasteiger partial charge on any atom is 0.136 e. The van der Waals surface area contributed by atoms with Crippen LogP contribution >= 0.6 is 11.3 Å². The molecule has 0 aliphatic rings. The lowest BCUT2D eigenvalue weighted by atomic mass is 9.85. The number of rotatable bonds is 3. The van der Waals surface area contributed by atoms with E-state index in [2.05, 4.69) is 164 Å². The van der Waals surface area contributed by atoms with Crippen molar-refractivity contribution in [3.05, 3.63) is 170 Å². The molecular formula is C48H28OS. The van der Waals surface area contributed by atoms with Gasteiger partial charge in [0.15, 0.2) is 0 Å². The third-order valence-electron chi connectivity index (χ3n) is 10.4. The Balaban J connectivity index is 1.19. The molecule has 0 spiro atoms. The van der Waals surface area contributed by atoms with Crippen LogP contribution in [0.3, 0.4) is 0 Å². The van der Waals surface area contributed by atoms with Crippen molar-refractivity contribution >= 4 is 85.8 Å². The van der Waals surface area contributed by atoms with Gasteiger partial charge in [0.1, 0.15) is 11.2 Å². The minimum atomic E-state index is 0.934. The van der Waals surface area contributed by atoms with E-state index in [1.165, 1.54) is 96.6 Å². The number of benzene rings is 9. The first-order valence-corrected chi connectivity index (χ1v) is 17.9. The standard InChI is InChI=1S/C48H28OS/c1-2-13-29(14-3-1)44-34-19-6-8-21-36(34)45(37-22-9-7-20-35(37)44)31-16-12-15-30(27-31)39-28-43-47(33-18-5-4-17-32(33)39)48-42(50-43)26-25-41-46(48)38-23-10-11-24-40(38)49-41/h1-28H. The van der Waals surface area contributed by atoms with E-state index in [9.17, 15) is 0 Å². The first kappa shape index (κ1) is 27.7. The number of para-hydroxylation sites is 1. The molecule has 0 saturated heterocycles. The lowest BCUT2D eigenvalue weighted by molar-refractivity contribution is 0.669. The first-order chi connectivity index (χ1) is 24.8. The van der Waals surface area contributed by atoms with Crippen molar-refractivity contribution in [2.24, 2.45) is 0 Å². The summed E-state index contributed by atoms with van der Waals surface area (Å²) in [6.45, 7) is 0. The van der Waals surface area contributed by atoms with Crippen LogP contribution in [-0.4, -0.2) is 0 Å². The minimum Gasteiger partial charge on any atom is -0.456 e. The van der Waals surface area contributed by atoms with Gasteiger partial charge in [0, 0.05) is 30.9 Å². The lowest BCUT2D eigenvalue weighted by Crippen LogP contribution is -1.91. The molecular weight excluding hydrogens is 625 g/mol. The summed E-state index contributed by atoms with van der Waals surface area (Å²) in [4.78, 5) is 0. The molecule has 0 aliphatic heterocycles. The van der Waals surface area contributed by atoms with Gasteiger partial charge >= 0.3 is 0 Å². The molecule has 0 aliphatic carbocycles. The summed E-state index contributed by atoms with van der Waals surface area (Å²) in [6, 6.07) is 61.9. The van der Waals surface area contributed by atoms with Gasteiger partial charge in [-0.25, -0.2) is 0 Å². The summed E-state index contributed by atoms with van der Waals surface area (Å²) in [5.74, 6) is 0. The fraction of sp³-hybridized carbons (Fsp3) is 0. The highest BCUT2D eigenvalue weighted by Gasteiger charge is 2.20. The van der Waals surface area contributed by atoms with Gasteiger partial charge in [-0.15, -0.1) is 11.3 Å². The van der Waals surface area contributed by atoms with Crippen LogP contribution in [0.5, 0.6) is 0 Å². The van der Waals surface area contributed by atoms with Crippen LogP contribution in [0.4, 0.5) is 0 Å². The molecule has 0 N–H and O–H groups in total. The van der Waals surface area contributed by atoms with Gasteiger partial charge < -0.3 is 4.42 Å². The monoisotopic (exact) mass is 652 g/mol. The minimum absolute atomic E-state index is 0.934. The van der Waals surface area contributed by atoms with Gasteiger partial charge in [-0.1, -0.05) is 140 Å². The van der Waals surface area contributed by atoms with Gasteiger partial charge in [0.05, 0.1) is 0 Å². The first-order valence-electron chi connectivity index (χ1n) is 17.1. The molecule has 0 unspecified atom stereocenters. The van der Waals surface area contributed by atoms with E-state index in [0.29, 0.717) is 0 Å².